The summed E-state index contributed by atoms with van der Waals surface area (Å²) in [6, 6.07) is 0.597. The van der Waals surface area contributed by atoms with E-state index in [0.29, 0.717) is 12.6 Å². The maximum Gasteiger partial charge on any atom is 0.205 e. The molecule has 1 aliphatic rings. The maximum absolute atomic E-state index is 9.00. The summed E-state index contributed by atoms with van der Waals surface area (Å²) in [5.41, 5.74) is 0. The number of anilines is 1. The molecule has 0 saturated heterocycles. The van der Waals surface area contributed by atoms with Gasteiger partial charge in [0.2, 0.25) is 5.13 Å². The fraction of sp³-hybridized carbons (Fsp3) is 0.800. The number of nitrogens with zero attached hydrogens (tertiary/aromatic N) is 3. The van der Waals surface area contributed by atoms with Gasteiger partial charge < -0.3 is 10.0 Å². The van der Waals surface area contributed by atoms with Crippen LogP contribution in [0.3, 0.4) is 0 Å². The lowest BCUT2D eigenvalue weighted by atomic mass is 10.3. The minimum absolute atomic E-state index is 0.194. The van der Waals surface area contributed by atoms with Crippen molar-refractivity contribution in [1.29, 1.82) is 0 Å². The van der Waals surface area contributed by atoms with Gasteiger partial charge in [-0.05, 0) is 19.3 Å². The summed E-state index contributed by atoms with van der Waals surface area (Å²) >= 11 is 1.46. The van der Waals surface area contributed by atoms with Gasteiger partial charge in [-0.3, -0.25) is 0 Å². The molecule has 1 fully saturated rings. The molecule has 84 valence electrons. The third-order valence-corrected chi connectivity index (χ3v) is 3.30. The predicted molar refractivity (Wildman–Crippen MR) is 61.4 cm³/mol. The minimum Gasteiger partial charge on any atom is -0.395 e. The van der Waals surface area contributed by atoms with Crippen LogP contribution in [-0.4, -0.2) is 33.7 Å². The van der Waals surface area contributed by atoms with Crippen molar-refractivity contribution in [2.75, 3.05) is 18.1 Å². The lowest BCUT2D eigenvalue weighted by Gasteiger charge is -2.19. The van der Waals surface area contributed by atoms with Gasteiger partial charge in [-0.15, -0.1) is 0 Å². The van der Waals surface area contributed by atoms with E-state index in [0.717, 1.165) is 23.8 Å². The lowest BCUT2D eigenvalue weighted by Crippen LogP contribution is -2.28. The Morgan fingerprint density at radius 2 is 2.33 bits per heavy atom. The molecule has 0 spiro atoms. The van der Waals surface area contributed by atoms with Crippen LogP contribution in [-0.2, 0) is 6.42 Å². The lowest BCUT2D eigenvalue weighted by molar-refractivity contribution is 0.301. The van der Waals surface area contributed by atoms with Gasteiger partial charge in [-0.25, -0.2) is 4.98 Å². The predicted octanol–water partition coefficient (Wildman–Crippen LogP) is 1.45. The number of aliphatic hydroxyl groups is 1. The van der Waals surface area contributed by atoms with E-state index in [1.165, 1.54) is 24.4 Å². The largest absolute Gasteiger partial charge is 0.395 e. The van der Waals surface area contributed by atoms with Gasteiger partial charge in [0, 0.05) is 30.5 Å². The Bertz CT molecular complexity index is 311. The fourth-order valence-electron chi connectivity index (χ4n) is 1.61. The van der Waals surface area contributed by atoms with E-state index in [4.69, 9.17) is 5.11 Å². The van der Waals surface area contributed by atoms with Crippen LogP contribution in [0.1, 0.15) is 32.0 Å². The van der Waals surface area contributed by atoms with Gasteiger partial charge in [0.05, 0.1) is 6.61 Å². The van der Waals surface area contributed by atoms with Crippen LogP contribution in [0.25, 0.3) is 0 Å². The van der Waals surface area contributed by atoms with Crippen LogP contribution in [0.4, 0.5) is 5.13 Å². The SMILES string of the molecule is CCCc1nsc(N(CCO)C2CC2)n1. The Labute approximate surface area is 94.1 Å². The molecule has 15 heavy (non-hydrogen) atoms. The van der Waals surface area contributed by atoms with E-state index in [1.807, 2.05) is 0 Å². The van der Waals surface area contributed by atoms with Gasteiger partial charge in [0.25, 0.3) is 0 Å². The van der Waals surface area contributed by atoms with Crippen molar-refractivity contribution in [3.05, 3.63) is 5.82 Å². The number of rotatable bonds is 6. The van der Waals surface area contributed by atoms with Crippen LogP contribution in [0.2, 0.25) is 0 Å². The topological polar surface area (TPSA) is 49.2 Å². The highest BCUT2D eigenvalue weighted by molar-refractivity contribution is 7.09. The van der Waals surface area contributed by atoms with Crippen molar-refractivity contribution in [3.63, 3.8) is 0 Å². The van der Waals surface area contributed by atoms with Gasteiger partial charge in [-0.1, -0.05) is 6.92 Å². The Hall–Kier alpha value is -0.680. The molecule has 1 aromatic heterocycles. The summed E-state index contributed by atoms with van der Waals surface area (Å²) < 4.78 is 4.33. The van der Waals surface area contributed by atoms with Crippen molar-refractivity contribution in [2.24, 2.45) is 0 Å². The standard InChI is InChI=1S/C10H17N3OS/c1-2-3-9-11-10(15-12-9)13(6-7-14)8-4-5-8/h8,14H,2-7H2,1H3. The first-order chi connectivity index (χ1) is 7.35. The van der Waals surface area contributed by atoms with E-state index in [-0.39, 0.29) is 6.61 Å². The Balaban J connectivity index is 2.04. The van der Waals surface area contributed by atoms with Crippen LogP contribution < -0.4 is 4.90 Å². The van der Waals surface area contributed by atoms with Gasteiger partial charge in [-0.2, -0.15) is 4.37 Å². The average molecular weight is 227 g/mol. The van der Waals surface area contributed by atoms with E-state index in [9.17, 15) is 0 Å². The molecule has 0 unspecified atom stereocenters. The molecule has 1 heterocycles. The van der Waals surface area contributed by atoms with Crippen LogP contribution in [0.5, 0.6) is 0 Å². The van der Waals surface area contributed by atoms with Crippen molar-refractivity contribution in [3.8, 4) is 0 Å². The van der Waals surface area contributed by atoms with E-state index in [1.54, 1.807) is 0 Å². The van der Waals surface area contributed by atoms with E-state index in [2.05, 4.69) is 21.2 Å². The summed E-state index contributed by atoms with van der Waals surface area (Å²) in [6.45, 7) is 3.01. The molecule has 0 aliphatic heterocycles. The summed E-state index contributed by atoms with van der Waals surface area (Å²) in [4.78, 5) is 6.69. The summed E-state index contributed by atoms with van der Waals surface area (Å²) in [6.07, 6.45) is 4.49. The van der Waals surface area contributed by atoms with Crippen molar-refractivity contribution in [2.45, 2.75) is 38.6 Å². The molecule has 4 nitrogen and oxygen atoms in total. The minimum atomic E-state index is 0.194. The molecule has 1 saturated carbocycles. The molecular formula is C10H17N3OS. The average Bonchev–Trinajstić information content (AvgIpc) is 2.96. The van der Waals surface area contributed by atoms with Crippen molar-refractivity contribution in [1.82, 2.24) is 9.36 Å². The summed E-state index contributed by atoms with van der Waals surface area (Å²) in [5, 5.41) is 9.98. The summed E-state index contributed by atoms with van der Waals surface area (Å²) in [5.74, 6) is 0.945. The third-order valence-electron chi connectivity index (χ3n) is 2.51. The van der Waals surface area contributed by atoms with Crippen molar-refractivity contribution < 1.29 is 5.11 Å². The smallest absolute Gasteiger partial charge is 0.205 e. The zero-order valence-corrected chi connectivity index (χ0v) is 9.83. The second-order valence-corrected chi connectivity index (χ2v) is 4.62. The molecule has 1 aliphatic carbocycles. The molecule has 0 aromatic carbocycles. The molecule has 1 aromatic rings. The molecular weight excluding hydrogens is 210 g/mol. The third kappa shape index (κ3) is 2.66. The Morgan fingerprint density at radius 3 is 2.93 bits per heavy atom. The molecule has 1 N–H and O–H groups in total. The molecule has 0 bridgehead atoms. The number of aliphatic hydroxyl groups excluding tert-OH is 1. The summed E-state index contributed by atoms with van der Waals surface area (Å²) in [7, 11) is 0. The van der Waals surface area contributed by atoms with Crippen LogP contribution in [0, 0.1) is 0 Å². The normalized spacial score (nSPS) is 15.6. The van der Waals surface area contributed by atoms with E-state index >= 15 is 0 Å². The maximum atomic E-state index is 9.00. The molecule has 0 radical (unpaired) electrons. The zero-order chi connectivity index (χ0) is 10.7. The molecule has 5 heteroatoms. The number of aromatic nitrogens is 2. The highest BCUT2D eigenvalue weighted by atomic mass is 32.1. The number of aryl methyl sites for hydroxylation is 1. The monoisotopic (exact) mass is 227 g/mol. The van der Waals surface area contributed by atoms with Crippen LogP contribution >= 0.6 is 11.5 Å². The number of hydrogen-bond donors (Lipinski definition) is 1. The van der Waals surface area contributed by atoms with Crippen molar-refractivity contribution >= 4 is 16.7 Å². The Morgan fingerprint density at radius 1 is 1.53 bits per heavy atom. The molecule has 0 amide bonds. The quantitative estimate of drug-likeness (QED) is 0.799. The highest BCUT2D eigenvalue weighted by Crippen LogP contribution is 2.32. The van der Waals surface area contributed by atoms with Gasteiger partial charge in [0.1, 0.15) is 5.82 Å². The second-order valence-electron chi connectivity index (χ2n) is 3.89. The fourth-order valence-corrected chi connectivity index (χ4v) is 2.43. The van der Waals surface area contributed by atoms with E-state index < -0.39 is 0 Å². The van der Waals surface area contributed by atoms with Gasteiger partial charge >= 0.3 is 0 Å². The molecule has 0 atom stereocenters. The first kappa shape index (κ1) is 10.8. The van der Waals surface area contributed by atoms with Gasteiger partial charge in [0.15, 0.2) is 0 Å². The van der Waals surface area contributed by atoms with Crippen LogP contribution in [0.15, 0.2) is 0 Å². The molecule has 2 rings (SSSR count). The highest BCUT2D eigenvalue weighted by Gasteiger charge is 2.30. The first-order valence-corrected chi connectivity index (χ1v) is 6.32. The number of hydrogen-bond acceptors (Lipinski definition) is 5. The first-order valence-electron chi connectivity index (χ1n) is 5.55. The zero-order valence-electron chi connectivity index (χ0n) is 9.02. The Kier molecular flexibility index (Phi) is 3.53. The second kappa shape index (κ2) is 4.90.